The van der Waals surface area contributed by atoms with Crippen LogP contribution in [0.25, 0.3) is 0 Å². The summed E-state index contributed by atoms with van der Waals surface area (Å²) in [5, 5.41) is 2.95. The number of anilines is 1. The molecule has 1 fully saturated rings. The zero-order chi connectivity index (χ0) is 17.8. The highest BCUT2D eigenvalue weighted by molar-refractivity contribution is 5.79. The average molecular weight is 348 g/mol. The second-order valence-electron chi connectivity index (χ2n) is 5.66. The monoisotopic (exact) mass is 348 g/mol. The number of nitrogens with zero attached hydrogens (tertiary/aromatic N) is 3. The molecule has 0 spiro atoms. The molecule has 0 aliphatic carbocycles. The summed E-state index contributed by atoms with van der Waals surface area (Å²) >= 11 is 0. The van der Waals surface area contributed by atoms with Crippen molar-refractivity contribution in [3.63, 3.8) is 0 Å². The first-order valence-corrected chi connectivity index (χ1v) is 7.90. The van der Waals surface area contributed by atoms with Crippen LogP contribution in [0.1, 0.15) is 17.4 Å². The van der Waals surface area contributed by atoms with Crippen LogP contribution in [0.5, 0.6) is 0 Å². The third kappa shape index (κ3) is 3.90. The first-order chi connectivity index (χ1) is 12.1. The summed E-state index contributed by atoms with van der Waals surface area (Å²) in [4.78, 5) is 22.6. The largest absolute Gasteiger partial charge is 0.372 e. The lowest BCUT2D eigenvalue weighted by molar-refractivity contribution is -0.138. The third-order valence-corrected chi connectivity index (χ3v) is 4.03. The fourth-order valence-electron chi connectivity index (χ4n) is 2.75. The maximum atomic E-state index is 13.3. The Morgan fingerprint density at radius 2 is 2.12 bits per heavy atom. The summed E-state index contributed by atoms with van der Waals surface area (Å²) in [6, 6.07) is 3.49. The Balaban J connectivity index is 1.70. The molecule has 3 rings (SSSR count). The van der Waals surface area contributed by atoms with Gasteiger partial charge in [0.15, 0.2) is 11.6 Å². The van der Waals surface area contributed by atoms with Crippen molar-refractivity contribution in [1.82, 2.24) is 14.9 Å². The van der Waals surface area contributed by atoms with E-state index >= 15 is 0 Å². The quantitative estimate of drug-likeness (QED) is 0.915. The molecule has 1 aliphatic rings. The van der Waals surface area contributed by atoms with Gasteiger partial charge in [-0.25, -0.2) is 13.8 Å². The molecule has 1 saturated heterocycles. The highest BCUT2D eigenvalue weighted by atomic mass is 19.2. The lowest BCUT2D eigenvalue weighted by atomic mass is 10.1. The molecule has 2 heterocycles. The van der Waals surface area contributed by atoms with Gasteiger partial charge in [0.1, 0.15) is 17.6 Å². The lowest BCUT2D eigenvalue weighted by Gasteiger charge is -2.33. The Kier molecular flexibility index (Phi) is 5.18. The number of nitrogens with one attached hydrogen (secondary N) is 1. The number of morpholine rings is 1. The number of amides is 1. The summed E-state index contributed by atoms with van der Waals surface area (Å²) < 4.78 is 32.0. The Hall–Kier alpha value is -2.61. The third-order valence-electron chi connectivity index (χ3n) is 4.03. The number of hydrogen-bond acceptors (Lipinski definition) is 5. The van der Waals surface area contributed by atoms with Crippen molar-refractivity contribution in [3.05, 3.63) is 53.5 Å². The van der Waals surface area contributed by atoms with Gasteiger partial charge in [-0.2, -0.15) is 0 Å². The van der Waals surface area contributed by atoms with Gasteiger partial charge in [-0.05, 0) is 17.7 Å². The van der Waals surface area contributed by atoms with E-state index < -0.39 is 11.6 Å². The molecule has 2 aromatic rings. The minimum Gasteiger partial charge on any atom is -0.372 e. The van der Waals surface area contributed by atoms with E-state index in [9.17, 15) is 13.6 Å². The summed E-state index contributed by atoms with van der Waals surface area (Å²) in [7, 11) is 1.74. The van der Waals surface area contributed by atoms with E-state index in [-0.39, 0.29) is 18.4 Å². The van der Waals surface area contributed by atoms with Gasteiger partial charge in [0.2, 0.25) is 5.91 Å². The van der Waals surface area contributed by atoms with Gasteiger partial charge in [0.25, 0.3) is 0 Å². The van der Waals surface area contributed by atoms with E-state index in [1.807, 2.05) is 0 Å². The molecule has 0 saturated carbocycles. The van der Waals surface area contributed by atoms with Crippen molar-refractivity contribution < 1.29 is 18.3 Å². The van der Waals surface area contributed by atoms with E-state index in [1.165, 1.54) is 6.07 Å². The number of rotatable bonds is 4. The summed E-state index contributed by atoms with van der Waals surface area (Å²) in [6.45, 7) is 1.14. The van der Waals surface area contributed by atoms with E-state index in [0.717, 1.165) is 12.1 Å². The molecule has 25 heavy (non-hydrogen) atoms. The summed E-state index contributed by atoms with van der Waals surface area (Å²) in [6.07, 6.45) is 2.76. The molecule has 1 aliphatic heterocycles. The van der Waals surface area contributed by atoms with Crippen molar-refractivity contribution >= 4 is 11.7 Å². The van der Waals surface area contributed by atoms with Crippen molar-refractivity contribution in [1.29, 1.82) is 0 Å². The van der Waals surface area contributed by atoms with Gasteiger partial charge < -0.3 is 15.0 Å². The van der Waals surface area contributed by atoms with Gasteiger partial charge in [-0.15, -0.1) is 0 Å². The van der Waals surface area contributed by atoms with Crippen molar-refractivity contribution in [2.24, 2.45) is 0 Å². The molecule has 6 nitrogen and oxygen atoms in total. The van der Waals surface area contributed by atoms with Gasteiger partial charge in [0, 0.05) is 26.0 Å². The molecule has 1 atom stereocenters. The molecular weight excluding hydrogens is 330 g/mol. The lowest BCUT2D eigenvalue weighted by Crippen LogP contribution is -2.43. The SMILES string of the molecule is CNc1nccnc1[C@H]1CN(C(=O)Cc2ccc(F)c(F)c2)CCO1. The Bertz CT molecular complexity index is 772. The maximum Gasteiger partial charge on any atom is 0.227 e. The highest BCUT2D eigenvalue weighted by Gasteiger charge is 2.28. The van der Waals surface area contributed by atoms with Crippen LogP contribution in [0.4, 0.5) is 14.6 Å². The Morgan fingerprint density at radius 1 is 1.32 bits per heavy atom. The minimum atomic E-state index is -0.955. The van der Waals surface area contributed by atoms with E-state index in [4.69, 9.17) is 4.74 Å². The van der Waals surface area contributed by atoms with Crippen molar-refractivity contribution in [3.8, 4) is 0 Å². The normalized spacial score (nSPS) is 17.4. The molecule has 0 bridgehead atoms. The smallest absolute Gasteiger partial charge is 0.227 e. The van der Waals surface area contributed by atoms with Crippen LogP contribution in [0.2, 0.25) is 0 Å². The molecule has 0 radical (unpaired) electrons. The molecular formula is C17H18F2N4O2. The number of hydrogen-bond donors (Lipinski definition) is 1. The topological polar surface area (TPSA) is 67.4 Å². The van der Waals surface area contributed by atoms with Gasteiger partial charge in [-0.3, -0.25) is 9.78 Å². The first-order valence-electron chi connectivity index (χ1n) is 7.90. The molecule has 8 heteroatoms. The number of halogens is 2. The van der Waals surface area contributed by atoms with Crippen LogP contribution in [0.3, 0.4) is 0 Å². The number of ether oxygens (including phenoxy) is 1. The Labute approximate surface area is 143 Å². The predicted octanol–water partition coefficient (Wildman–Crippen LogP) is 1.94. The highest BCUT2D eigenvalue weighted by Crippen LogP contribution is 2.25. The van der Waals surface area contributed by atoms with E-state index in [0.29, 0.717) is 36.8 Å². The number of benzene rings is 1. The minimum absolute atomic E-state index is 0.00325. The summed E-state index contributed by atoms with van der Waals surface area (Å²) in [5.74, 6) is -1.45. The van der Waals surface area contributed by atoms with Gasteiger partial charge in [0.05, 0.1) is 19.6 Å². The van der Waals surface area contributed by atoms with Gasteiger partial charge >= 0.3 is 0 Å². The standard InChI is InChI=1S/C17H18F2N4O2/c1-20-17-16(21-4-5-22-17)14-10-23(6-7-25-14)15(24)9-11-2-3-12(18)13(19)8-11/h2-5,8,14H,6-7,9-10H2,1H3,(H,20,22)/t14-/m1/s1. The van der Waals surface area contributed by atoms with Crippen LogP contribution in [-0.2, 0) is 16.0 Å². The van der Waals surface area contributed by atoms with Crippen LogP contribution < -0.4 is 5.32 Å². The van der Waals surface area contributed by atoms with Crippen LogP contribution >= 0.6 is 0 Å². The van der Waals surface area contributed by atoms with Crippen LogP contribution in [0, 0.1) is 11.6 Å². The van der Waals surface area contributed by atoms with Crippen LogP contribution in [0.15, 0.2) is 30.6 Å². The maximum absolute atomic E-state index is 13.3. The molecule has 1 amide bonds. The zero-order valence-corrected chi connectivity index (χ0v) is 13.7. The zero-order valence-electron chi connectivity index (χ0n) is 13.7. The fourth-order valence-corrected chi connectivity index (χ4v) is 2.75. The molecule has 1 aromatic carbocycles. The second-order valence-corrected chi connectivity index (χ2v) is 5.66. The number of carbonyl (C=O) groups excluding carboxylic acids is 1. The second kappa shape index (κ2) is 7.52. The van der Waals surface area contributed by atoms with Gasteiger partial charge in [-0.1, -0.05) is 6.07 Å². The Morgan fingerprint density at radius 3 is 2.88 bits per heavy atom. The fraction of sp³-hybridized carbons (Fsp3) is 0.353. The van der Waals surface area contributed by atoms with E-state index in [1.54, 1.807) is 24.3 Å². The molecule has 1 aromatic heterocycles. The molecule has 132 valence electrons. The number of carbonyl (C=O) groups is 1. The molecule has 0 unspecified atom stereocenters. The van der Waals surface area contributed by atoms with Crippen LogP contribution in [-0.4, -0.2) is 47.5 Å². The van der Waals surface area contributed by atoms with Crippen molar-refractivity contribution in [2.45, 2.75) is 12.5 Å². The predicted molar refractivity (Wildman–Crippen MR) is 86.9 cm³/mol. The number of aromatic nitrogens is 2. The summed E-state index contributed by atoms with van der Waals surface area (Å²) in [5.41, 5.74) is 1.07. The van der Waals surface area contributed by atoms with Crippen molar-refractivity contribution in [2.75, 3.05) is 32.1 Å². The van der Waals surface area contributed by atoms with E-state index in [2.05, 4.69) is 15.3 Å². The first kappa shape index (κ1) is 17.2. The molecule has 1 N–H and O–H groups in total. The average Bonchev–Trinajstić information content (AvgIpc) is 2.64.